The average molecular weight is 315 g/mol. The van der Waals surface area contributed by atoms with Crippen LogP contribution in [0, 0.1) is 5.92 Å². The number of hydrogen-bond donors (Lipinski definition) is 2. The van der Waals surface area contributed by atoms with Crippen LogP contribution in [0.3, 0.4) is 0 Å². The number of rotatable bonds is 11. The number of nitrogens with one attached hydrogen (secondary N) is 2. The zero-order valence-electron chi connectivity index (χ0n) is 14.4. The molecular weight excluding hydrogens is 282 g/mol. The van der Waals surface area contributed by atoms with E-state index in [1.165, 1.54) is 0 Å². The summed E-state index contributed by atoms with van der Waals surface area (Å²) in [4.78, 5) is 4.18. The standard InChI is InChI=1S/C16H33N3O3/c1-14(2)12-20-9-5-7-18-16(17-3)19-8-11-21-13-15-6-4-10-22-15/h14-15H,4-13H2,1-3H3,(H2,17,18,19). The van der Waals surface area contributed by atoms with Crippen LogP contribution >= 0.6 is 0 Å². The second-order valence-electron chi connectivity index (χ2n) is 5.96. The summed E-state index contributed by atoms with van der Waals surface area (Å²) < 4.78 is 16.7. The van der Waals surface area contributed by atoms with Crippen molar-refractivity contribution in [2.24, 2.45) is 10.9 Å². The Kier molecular flexibility index (Phi) is 11.1. The zero-order chi connectivity index (χ0) is 16.0. The molecule has 1 atom stereocenters. The van der Waals surface area contributed by atoms with Gasteiger partial charge in [-0.2, -0.15) is 0 Å². The van der Waals surface area contributed by atoms with Crippen molar-refractivity contribution in [3.8, 4) is 0 Å². The van der Waals surface area contributed by atoms with E-state index in [-0.39, 0.29) is 0 Å². The number of nitrogens with zero attached hydrogens (tertiary/aromatic N) is 1. The molecule has 0 amide bonds. The predicted molar refractivity (Wildman–Crippen MR) is 89.4 cm³/mol. The maximum atomic E-state index is 5.60. The molecule has 0 bridgehead atoms. The summed E-state index contributed by atoms with van der Waals surface area (Å²) >= 11 is 0. The molecule has 0 aromatic carbocycles. The van der Waals surface area contributed by atoms with Gasteiger partial charge in [-0.25, -0.2) is 0 Å². The fraction of sp³-hybridized carbons (Fsp3) is 0.938. The molecule has 1 aliphatic rings. The van der Waals surface area contributed by atoms with Crippen molar-refractivity contribution < 1.29 is 14.2 Å². The summed E-state index contributed by atoms with van der Waals surface area (Å²) in [5, 5.41) is 6.50. The first kappa shape index (κ1) is 19.2. The Bertz CT molecular complexity index is 292. The van der Waals surface area contributed by atoms with Gasteiger partial charge in [0.15, 0.2) is 5.96 Å². The van der Waals surface area contributed by atoms with E-state index >= 15 is 0 Å². The Morgan fingerprint density at radius 1 is 1.23 bits per heavy atom. The van der Waals surface area contributed by atoms with Crippen LogP contribution in [0.25, 0.3) is 0 Å². The monoisotopic (exact) mass is 315 g/mol. The third kappa shape index (κ3) is 9.97. The van der Waals surface area contributed by atoms with Gasteiger partial charge in [-0.15, -0.1) is 0 Å². The Morgan fingerprint density at radius 2 is 2.05 bits per heavy atom. The molecule has 1 aliphatic heterocycles. The minimum Gasteiger partial charge on any atom is -0.381 e. The van der Waals surface area contributed by atoms with Gasteiger partial charge < -0.3 is 24.8 Å². The fourth-order valence-corrected chi connectivity index (χ4v) is 2.15. The van der Waals surface area contributed by atoms with E-state index in [2.05, 4.69) is 29.5 Å². The minimum absolute atomic E-state index is 0.295. The van der Waals surface area contributed by atoms with Crippen molar-refractivity contribution in [3.63, 3.8) is 0 Å². The quantitative estimate of drug-likeness (QED) is 0.343. The van der Waals surface area contributed by atoms with Gasteiger partial charge in [0.25, 0.3) is 0 Å². The van der Waals surface area contributed by atoms with Gasteiger partial charge >= 0.3 is 0 Å². The van der Waals surface area contributed by atoms with Gasteiger partial charge in [0.1, 0.15) is 0 Å². The third-order valence-corrected chi connectivity index (χ3v) is 3.30. The van der Waals surface area contributed by atoms with Crippen LogP contribution in [0.1, 0.15) is 33.1 Å². The highest BCUT2D eigenvalue weighted by Gasteiger charge is 2.14. The molecular formula is C16H33N3O3. The number of aliphatic imine (C=N–C) groups is 1. The van der Waals surface area contributed by atoms with Crippen LogP contribution in [0.4, 0.5) is 0 Å². The van der Waals surface area contributed by atoms with Gasteiger partial charge in [0.05, 0.1) is 19.3 Å². The molecule has 0 radical (unpaired) electrons. The van der Waals surface area contributed by atoms with E-state index in [4.69, 9.17) is 14.2 Å². The lowest BCUT2D eigenvalue weighted by Crippen LogP contribution is -2.39. The Hall–Kier alpha value is -0.850. The first-order valence-electron chi connectivity index (χ1n) is 8.44. The smallest absolute Gasteiger partial charge is 0.191 e. The number of hydrogen-bond acceptors (Lipinski definition) is 4. The van der Waals surface area contributed by atoms with Crippen LogP contribution in [0.5, 0.6) is 0 Å². The predicted octanol–water partition coefficient (Wildman–Crippen LogP) is 1.41. The van der Waals surface area contributed by atoms with E-state index in [1.54, 1.807) is 7.05 Å². The summed E-state index contributed by atoms with van der Waals surface area (Å²) in [6.07, 6.45) is 3.55. The molecule has 1 fully saturated rings. The van der Waals surface area contributed by atoms with Crippen LogP contribution in [-0.2, 0) is 14.2 Å². The van der Waals surface area contributed by atoms with E-state index < -0.39 is 0 Å². The van der Waals surface area contributed by atoms with Gasteiger partial charge in [-0.1, -0.05) is 13.8 Å². The van der Waals surface area contributed by atoms with Gasteiger partial charge in [-0.05, 0) is 25.2 Å². The molecule has 0 saturated carbocycles. The minimum atomic E-state index is 0.295. The normalized spacial score (nSPS) is 18.9. The van der Waals surface area contributed by atoms with Crippen LogP contribution in [-0.4, -0.2) is 65.2 Å². The van der Waals surface area contributed by atoms with Crippen LogP contribution in [0.15, 0.2) is 4.99 Å². The van der Waals surface area contributed by atoms with Crippen molar-refractivity contribution in [3.05, 3.63) is 0 Å². The lowest BCUT2D eigenvalue weighted by molar-refractivity contribution is 0.0191. The molecule has 1 saturated heterocycles. The summed E-state index contributed by atoms with van der Waals surface area (Å²) in [7, 11) is 1.78. The molecule has 1 rings (SSSR count). The van der Waals surface area contributed by atoms with E-state index in [1.807, 2.05) is 0 Å². The number of guanidine groups is 1. The lowest BCUT2D eigenvalue weighted by atomic mass is 10.2. The summed E-state index contributed by atoms with van der Waals surface area (Å²) in [6.45, 7) is 9.77. The Balaban J connectivity index is 1.91. The van der Waals surface area contributed by atoms with Crippen LogP contribution in [0.2, 0.25) is 0 Å². The highest BCUT2D eigenvalue weighted by atomic mass is 16.5. The highest BCUT2D eigenvalue weighted by molar-refractivity contribution is 5.79. The second kappa shape index (κ2) is 12.7. The second-order valence-corrected chi connectivity index (χ2v) is 5.96. The van der Waals surface area contributed by atoms with E-state index in [0.29, 0.717) is 25.2 Å². The molecule has 0 spiro atoms. The molecule has 0 aliphatic carbocycles. The van der Waals surface area contributed by atoms with Crippen LogP contribution < -0.4 is 10.6 Å². The fourth-order valence-electron chi connectivity index (χ4n) is 2.15. The van der Waals surface area contributed by atoms with Gasteiger partial charge in [-0.3, -0.25) is 4.99 Å². The largest absolute Gasteiger partial charge is 0.381 e. The Labute approximate surface area is 135 Å². The maximum absolute atomic E-state index is 5.60. The molecule has 1 heterocycles. The summed E-state index contributed by atoms with van der Waals surface area (Å²) in [5.41, 5.74) is 0. The first-order valence-corrected chi connectivity index (χ1v) is 8.44. The van der Waals surface area contributed by atoms with Crippen molar-refractivity contribution in [1.82, 2.24) is 10.6 Å². The van der Waals surface area contributed by atoms with Crippen molar-refractivity contribution >= 4 is 5.96 Å². The Morgan fingerprint density at radius 3 is 2.73 bits per heavy atom. The molecule has 0 aromatic heterocycles. The highest BCUT2D eigenvalue weighted by Crippen LogP contribution is 2.11. The summed E-state index contributed by atoms with van der Waals surface area (Å²) in [6, 6.07) is 0. The summed E-state index contributed by atoms with van der Waals surface area (Å²) in [5.74, 6) is 1.40. The molecule has 6 heteroatoms. The topological polar surface area (TPSA) is 64.1 Å². The first-order chi connectivity index (χ1) is 10.7. The van der Waals surface area contributed by atoms with E-state index in [0.717, 1.165) is 58.1 Å². The molecule has 22 heavy (non-hydrogen) atoms. The van der Waals surface area contributed by atoms with Crippen molar-refractivity contribution in [2.45, 2.75) is 39.2 Å². The SMILES string of the molecule is CN=C(NCCCOCC(C)C)NCCOCC1CCCO1. The molecule has 0 aromatic rings. The maximum Gasteiger partial charge on any atom is 0.191 e. The molecule has 6 nitrogen and oxygen atoms in total. The van der Waals surface area contributed by atoms with E-state index in [9.17, 15) is 0 Å². The average Bonchev–Trinajstić information content (AvgIpc) is 3.01. The van der Waals surface area contributed by atoms with Crippen molar-refractivity contribution in [1.29, 1.82) is 0 Å². The van der Waals surface area contributed by atoms with Gasteiger partial charge in [0.2, 0.25) is 0 Å². The van der Waals surface area contributed by atoms with Gasteiger partial charge in [0, 0.05) is 40.0 Å². The third-order valence-electron chi connectivity index (χ3n) is 3.30. The molecule has 1 unspecified atom stereocenters. The van der Waals surface area contributed by atoms with Crippen molar-refractivity contribution in [2.75, 3.05) is 53.2 Å². The lowest BCUT2D eigenvalue weighted by Gasteiger charge is -2.13. The molecule has 130 valence electrons. The zero-order valence-corrected chi connectivity index (χ0v) is 14.4. The molecule has 2 N–H and O–H groups in total. The number of ether oxygens (including phenoxy) is 3.